The summed E-state index contributed by atoms with van der Waals surface area (Å²) in [6, 6.07) is 0.176. The third kappa shape index (κ3) is 5.86. The second-order valence-electron chi connectivity index (χ2n) is 5.88. The van der Waals surface area contributed by atoms with Gasteiger partial charge in [0, 0.05) is 37.9 Å². The highest BCUT2D eigenvalue weighted by Gasteiger charge is 2.25. The van der Waals surface area contributed by atoms with Gasteiger partial charge in [0.25, 0.3) is 0 Å². The predicted molar refractivity (Wildman–Crippen MR) is 81.7 cm³/mol. The lowest BCUT2D eigenvalue weighted by Crippen LogP contribution is -2.47. The van der Waals surface area contributed by atoms with E-state index in [-0.39, 0.29) is 29.6 Å². The second-order valence-corrected chi connectivity index (χ2v) is 5.88. The van der Waals surface area contributed by atoms with Crippen molar-refractivity contribution >= 4 is 17.6 Å². The van der Waals surface area contributed by atoms with Crippen LogP contribution in [0.4, 0.5) is 0 Å². The minimum Gasteiger partial charge on any atom is -0.353 e. The standard InChI is InChI=1S/C16H28N2O3/c1-4-13(5-2)16(21)17-14-8-10-18(11-9-14)15(20)7-6-12(3)19/h13-14H,4-11H2,1-3H3,(H,17,21). The number of piperidine rings is 1. The maximum atomic E-state index is 12.0. The number of ketones is 1. The Kier molecular flexibility index (Phi) is 7.40. The van der Waals surface area contributed by atoms with Gasteiger partial charge in [0.05, 0.1) is 0 Å². The lowest BCUT2D eigenvalue weighted by Gasteiger charge is -2.33. The molecule has 1 heterocycles. The molecule has 0 bridgehead atoms. The lowest BCUT2D eigenvalue weighted by molar-refractivity contribution is -0.134. The Morgan fingerprint density at radius 2 is 1.67 bits per heavy atom. The van der Waals surface area contributed by atoms with Gasteiger partial charge >= 0.3 is 0 Å². The van der Waals surface area contributed by atoms with Crippen molar-refractivity contribution in [3.63, 3.8) is 0 Å². The molecule has 1 N–H and O–H groups in total. The van der Waals surface area contributed by atoms with E-state index in [1.807, 2.05) is 18.7 Å². The highest BCUT2D eigenvalue weighted by molar-refractivity contribution is 5.83. The van der Waals surface area contributed by atoms with Crippen LogP contribution in [0.25, 0.3) is 0 Å². The summed E-state index contributed by atoms with van der Waals surface area (Å²) in [6.07, 6.45) is 3.97. The summed E-state index contributed by atoms with van der Waals surface area (Å²) in [4.78, 5) is 36.7. The normalized spacial score (nSPS) is 16.1. The Labute approximate surface area is 127 Å². The summed E-state index contributed by atoms with van der Waals surface area (Å²) in [5.41, 5.74) is 0. The van der Waals surface area contributed by atoms with Crippen molar-refractivity contribution in [1.82, 2.24) is 10.2 Å². The Bertz CT molecular complexity index is 370. The molecular formula is C16H28N2O3. The molecule has 2 amide bonds. The third-order valence-corrected chi connectivity index (χ3v) is 4.24. The average molecular weight is 296 g/mol. The molecule has 1 saturated heterocycles. The Morgan fingerprint density at radius 1 is 1.10 bits per heavy atom. The van der Waals surface area contributed by atoms with Crippen LogP contribution < -0.4 is 5.32 Å². The fourth-order valence-corrected chi connectivity index (χ4v) is 2.69. The first kappa shape index (κ1) is 17.7. The monoisotopic (exact) mass is 296 g/mol. The summed E-state index contributed by atoms with van der Waals surface area (Å²) < 4.78 is 0. The first-order chi connectivity index (χ1) is 9.97. The maximum absolute atomic E-state index is 12.0. The Hall–Kier alpha value is -1.39. The molecule has 1 aliphatic heterocycles. The molecule has 5 heteroatoms. The molecule has 0 aromatic heterocycles. The maximum Gasteiger partial charge on any atom is 0.223 e. The highest BCUT2D eigenvalue weighted by atomic mass is 16.2. The van der Waals surface area contributed by atoms with E-state index in [0.29, 0.717) is 25.9 Å². The fraction of sp³-hybridized carbons (Fsp3) is 0.812. The zero-order valence-electron chi connectivity index (χ0n) is 13.5. The van der Waals surface area contributed by atoms with Gasteiger partial charge in [0.15, 0.2) is 0 Å². The number of nitrogens with one attached hydrogen (secondary N) is 1. The molecule has 1 aliphatic rings. The first-order valence-electron chi connectivity index (χ1n) is 8.05. The van der Waals surface area contributed by atoms with Gasteiger partial charge in [-0.25, -0.2) is 0 Å². The van der Waals surface area contributed by atoms with E-state index >= 15 is 0 Å². The molecule has 0 spiro atoms. The van der Waals surface area contributed by atoms with Gasteiger partial charge < -0.3 is 15.0 Å². The van der Waals surface area contributed by atoms with Crippen LogP contribution in [0.15, 0.2) is 0 Å². The fourth-order valence-electron chi connectivity index (χ4n) is 2.69. The quantitative estimate of drug-likeness (QED) is 0.780. The van der Waals surface area contributed by atoms with E-state index in [4.69, 9.17) is 0 Å². The van der Waals surface area contributed by atoms with Gasteiger partial charge in [0.2, 0.25) is 11.8 Å². The lowest BCUT2D eigenvalue weighted by atomic mass is 9.99. The second kappa shape index (κ2) is 8.80. The summed E-state index contributed by atoms with van der Waals surface area (Å²) >= 11 is 0. The van der Waals surface area contributed by atoms with E-state index in [1.165, 1.54) is 6.92 Å². The highest BCUT2D eigenvalue weighted by Crippen LogP contribution is 2.14. The number of carbonyl (C=O) groups is 3. The van der Waals surface area contributed by atoms with E-state index < -0.39 is 0 Å². The Morgan fingerprint density at radius 3 is 2.14 bits per heavy atom. The van der Waals surface area contributed by atoms with Crippen LogP contribution in [0, 0.1) is 5.92 Å². The molecule has 21 heavy (non-hydrogen) atoms. The Balaban J connectivity index is 2.33. The molecule has 0 aliphatic carbocycles. The molecule has 1 fully saturated rings. The van der Waals surface area contributed by atoms with Crippen molar-refractivity contribution in [2.24, 2.45) is 5.92 Å². The number of likely N-dealkylation sites (tertiary alicyclic amines) is 1. The van der Waals surface area contributed by atoms with Crippen molar-refractivity contribution in [2.75, 3.05) is 13.1 Å². The van der Waals surface area contributed by atoms with Crippen LogP contribution in [-0.4, -0.2) is 41.6 Å². The van der Waals surface area contributed by atoms with Crippen molar-refractivity contribution in [1.29, 1.82) is 0 Å². The minimum atomic E-state index is 0.0509. The minimum absolute atomic E-state index is 0.0509. The molecule has 0 atom stereocenters. The van der Waals surface area contributed by atoms with Crippen LogP contribution in [-0.2, 0) is 14.4 Å². The molecular weight excluding hydrogens is 268 g/mol. The van der Waals surface area contributed by atoms with E-state index in [0.717, 1.165) is 25.7 Å². The van der Waals surface area contributed by atoms with Gasteiger partial charge in [0.1, 0.15) is 5.78 Å². The van der Waals surface area contributed by atoms with E-state index in [1.54, 1.807) is 0 Å². The number of Topliss-reactive ketones (excluding diaryl/α,β-unsaturated/α-hetero) is 1. The average Bonchev–Trinajstić information content (AvgIpc) is 2.46. The van der Waals surface area contributed by atoms with Crippen molar-refractivity contribution in [3.05, 3.63) is 0 Å². The van der Waals surface area contributed by atoms with Crippen LogP contribution in [0.2, 0.25) is 0 Å². The summed E-state index contributed by atoms with van der Waals surface area (Å²) in [6.45, 7) is 6.91. The molecule has 0 saturated carbocycles. The van der Waals surface area contributed by atoms with Crippen LogP contribution in [0.3, 0.4) is 0 Å². The van der Waals surface area contributed by atoms with Crippen LogP contribution >= 0.6 is 0 Å². The van der Waals surface area contributed by atoms with Gasteiger partial charge in [-0.2, -0.15) is 0 Å². The number of amides is 2. The van der Waals surface area contributed by atoms with Gasteiger partial charge in [-0.1, -0.05) is 13.8 Å². The number of hydrogen-bond donors (Lipinski definition) is 1. The molecule has 0 aromatic carbocycles. The van der Waals surface area contributed by atoms with Crippen LogP contribution in [0.1, 0.15) is 59.3 Å². The molecule has 0 radical (unpaired) electrons. The van der Waals surface area contributed by atoms with Crippen molar-refractivity contribution < 1.29 is 14.4 Å². The smallest absolute Gasteiger partial charge is 0.223 e. The molecule has 1 rings (SSSR count). The summed E-state index contributed by atoms with van der Waals surface area (Å²) in [5, 5.41) is 3.10. The number of nitrogens with zero attached hydrogens (tertiary/aromatic N) is 1. The summed E-state index contributed by atoms with van der Waals surface area (Å²) in [5.74, 6) is 0.340. The van der Waals surface area contributed by atoms with Gasteiger partial charge in [-0.3, -0.25) is 9.59 Å². The number of hydrogen-bond acceptors (Lipinski definition) is 3. The molecule has 5 nitrogen and oxygen atoms in total. The van der Waals surface area contributed by atoms with Crippen molar-refractivity contribution in [2.45, 2.75) is 65.3 Å². The largest absolute Gasteiger partial charge is 0.353 e. The first-order valence-corrected chi connectivity index (χ1v) is 8.05. The summed E-state index contributed by atoms with van der Waals surface area (Å²) in [7, 11) is 0. The molecule has 0 unspecified atom stereocenters. The van der Waals surface area contributed by atoms with Crippen molar-refractivity contribution in [3.8, 4) is 0 Å². The predicted octanol–water partition coefficient (Wildman–Crippen LogP) is 1.90. The van der Waals surface area contributed by atoms with Gasteiger partial charge in [-0.05, 0) is 32.6 Å². The third-order valence-electron chi connectivity index (χ3n) is 4.24. The molecule has 120 valence electrons. The SMILES string of the molecule is CCC(CC)C(=O)NC1CCN(C(=O)CCC(C)=O)CC1. The van der Waals surface area contributed by atoms with Gasteiger partial charge in [-0.15, -0.1) is 0 Å². The zero-order chi connectivity index (χ0) is 15.8. The number of rotatable bonds is 7. The topological polar surface area (TPSA) is 66.5 Å². The zero-order valence-corrected chi connectivity index (χ0v) is 13.5. The van der Waals surface area contributed by atoms with Crippen LogP contribution in [0.5, 0.6) is 0 Å². The van der Waals surface area contributed by atoms with E-state index in [2.05, 4.69) is 5.32 Å². The van der Waals surface area contributed by atoms with E-state index in [9.17, 15) is 14.4 Å². The number of carbonyl (C=O) groups excluding carboxylic acids is 3. The molecule has 0 aromatic rings.